The van der Waals surface area contributed by atoms with E-state index in [-0.39, 0.29) is 0 Å². The summed E-state index contributed by atoms with van der Waals surface area (Å²) in [6.07, 6.45) is 0. The number of rotatable bonds is 3. The van der Waals surface area contributed by atoms with E-state index < -0.39 is 0 Å². The Morgan fingerprint density at radius 3 is 1.55 bits per heavy atom. The average molecular weight is 296 g/mol. The van der Waals surface area contributed by atoms with Crippen LogP contribution >= 0.6 is 0 Å². The zero-order chi connectivity index (χ0) is 16.8. The first kappa shape index (κ1) is 17.1. The number of aryl methyl sites for hydroxylation is 3. The van der Waals surface area contributed by atoms with Crippen molar-refractivity contribution >= 4 is 10.8 Å². The predicted molar refractivity (Wildman–Crippen MR) is 100 cm³/mol. The first-order valence-electron chi connectivity index (χ1n) is 8.74. The van der Waals surface area contributed by atoms with Crippen LogP contribution in [0.5, 0.6) is 0 Å². The molecule has 0 aliphatic heterocycles. The molecule has 0 spiro atoms. The van der Waals surface area contributed by atoms with E-state index in [4.69, 9.17) is 0 Å². The molecule has 0 saturated heterocycles. The maximum atomic E-state index is 2.36. The SMILES string of the molecule is Cc1ccc2c(C(C)C)c(C(C)C)c(C(C)C)c(C)c2c1C. The van der Waals surface area contributed by atoms with Gasteiger partial charge < -0.3 is 0 Å². The van der Waals surface area contributed by atoms with Gasteiger partial charge in [-0.1, -0.05) is 53.7 Å². The van der Waals surface area contributed by atoms with Crippen molar-refractivity contribution < 1.29 is 0 Å². The zero-order valence-electron chi connectivity index (χ0n) is 15.9. The fourth-order valence-corrected chi connectivity index (χ4v) is 4.14. The molecule has 0 aromatic heterocycles. The van der Waals surface area contributed by atoms with Crippen LogP contribution in [-0.4, -0.2) is 0 Å². The molecule has 0 amide bonds. The molecule has 0 heterocycles. The fraction of sp³-hybridized carbons (Fsp3) is 0.545. The van der Waals surface area contributed by atoms with Gasteiger partial charge in [-0.2, -0.15) is 0 Å². The summed E-state index contributed by atoms with van der Waals surface area (Å²) in [7, 11) is 0. The second-order valence-corrected chi connectivity index (χ2v) is 7.76. The van der Waals surface area contributed by atoms with Crippen molar-refractivity contribution in [2.45, 2.75) is 80.1 Å². The highest BCUT2D eigenvalue weighted by molar-refractivity contribution is 5.95. The van der Waals surface area contributed by atoms with Gasteiger partial charge >= 0.3 is 0 Å². The van der Waals surface area contributed by atoms with Gasteiger partial charge in [-0.3, -0.25) is 0 Å². The molecule has 0 radical (unpaired) electrons. The minimum Gasteiger partial charge on any atom is -0.0587 e. The first-order chi connectivity index (χ1) is 10.2. The van der Waals surface area contributed by atoms with Gasteiger partial charge in [-0.05, 0) is 82.7 Å². The Labute approximate surface area is 136 Å². The second kappa shape index (κ2) is 6.07. The monoisotopic (exact) mass is 296 g/mol. The molecule has 0 aliphatic rings. The van der Waals surface area contributed by atoms with Gasteiger partial charge in [0.05, 0.1) is 0 Å². The van der Waals surface area contributed by atoms with E-state index in [1.54, 1.807) is 16.7 Å². The third kappa shape index (κ3) is 2.57. The molecule has 0 unspecified atom stereocenters. The van der Waals surface area contributed by atoms with E-state index in [2.05, 4.69) is 74.4 Å². The predicted octanol–water partition coefficient (Wildman–Crippen LogP) is 7.14. The Bertz CT molecular complexity index is 700. The zero-order valence-corrected chi connectivity index (χ0v) is 15.9. The van der Waals surface area contributed by atoms with Crippen molar-refractivity contribution in [3.05, 3.63) is 45.5 Å². The summed E-state index contributed by atoms with van der Waals surface area (Å²) in [5, 5.41) is 2.97. The quantitative estimate of drug-likeness (QED) is 0.565. The molecule has 0 nitrogen and oxygen atoms in total. The van der Waals surface area contributed by atoms with Gasteiger partial charge in [0.1, 0.15) is 0 Å². The van der Waals surface area contributed by atoms with Crippen LogP contribution in [0.25, 0.3) is 10.8 Å². The highest BCUT2D eigenvalue weighted by Crippen LogP contribution is 2.42. The van der Waals surface area contributed by atoms with E-state index in [1.807, 2.05) is 0 Å². The van der Waals surface area contributed by atoms with Crippen LogP contribution in [0.1, 0.15) is 92.7 Å². The normalized spacial score (nSPS) is 12.2. The number of hydrogen-bond donors (Lipinski definition) is 0. The Morgan fingerprint density at radius 2 is 1.09 bits per heavy atom. The van der Waals surface area contributed by atoms with Gasteiger partial charge in [0.2, 0.25) is 0 Å². The van der Waals surface area contributed by atoms with Crippen LogP contribution in [0.15, 0.2) is 12.1 Å². The van der Waals surface area contributed by atoms with Gasteiger partial charge in [-0.15, -0.1) is 0 Å². The van der Waals surface area contributed by atoms with Crippen LogP contribution in [0.3, 0.4) is 0 Å². The molecule has 0 N–H and O–H groups in total. The lowest BCUT2D eigenvalue weighted by Gasteiger charge is -2.28. The van der Waals surface area contributed by atoms with E-state index in [9.17, 15) is 0 Å². The summed E-state index contributed by atoms with van der Waals surface area (Å²) in [6, 6.07) is 4.65. The smallest absolute Gasteiger partial charge is 0.0117 e. The van der Waals surface area contributed by atoms with Gasteiger partial charge in [0.15, 0.2) is 0 Å². The van der Waals surface area contributed by atoms with Crippen LogP contribution < -0.4 is 0 Å². The van der Waals surface area contributed by atoms with Crippen molar-refractivity contribution in [2.75, 3.05) is 0 Å². The third-order valence-electron chi connectivity index (χ3n) is 5.12. The Balaban J connectivity index is 3.13. The number of fused-ring (bicyclic) bond motifs is 1. The van der Waals surface area contributed by atoms with Crippen molar-refractivity contribution in [3.63, 3.8) is 0 Å². The van der Waals surface area contributed by atoms with E-state index in [0.29, 0.717) is 17.8 Å². The molecular weight excluding hydrogens is 264 g/mol. The van der Waals surface area contributed by atoms with Crippen molar-refractivity contribution in [2.24, 2.45) is 0 Å². The summed E-state index contributed by atoms with van der Waals surface area (Å²) in [5.74, 6) is 1.69. The van der Waals surface area contributed by atoms with Crippen LogP contribution in [-0.2, 0) is 0 Å². The lowest BCUT2D eigenvalue weighted by molar-refractivity contribution is 0.750. The summed E-state index contributed by atoms with van der Waals surface area (Å²) in [5.41, 5.74) is 9.10. The molecule has 0 saturated carbocycles. The van der Waals surface area contributed by atoms with Gasteiger partial charge in [-0.25, -0.2) is 0 Å². The standard InChI is InChI=1S/C22H32/c1-12(2)19-17(9)22-16(8)15(7)10-11-18(22)20(13(3)4)21(19)14(5)6/h10-14H,1-9H3. The van der Waals surface area contributed by atoms with E-state index in [1.165, 1.54) is 27.5 Å². The van der Waals surface area contributed by atoms with Crippen molar-refractivity contribution in [1.82, 2.24) is 0 Å². The average Bonchev–Trinajstić information content (AvgIpc) is 2.40. The minimum atomic E-state index is 0.556. The lowest BCUT2D eigenvalue weighted by Crippen LogP contribution is -2.10. The van der Waals surface area contributed by atoms with E-state index in [0.717, 1.165) is 0 Å². The third-order valence-corrected chi connectivity index (χ3v) is 5.12. The van der Waals surface area contributed by atoms with Crippen LogP contribution in [0, 0.1) is 20.8 Å². The highest BCUT2D eigenvalue weighted by atomic mass is 14.3. The maximum Gasteiger partial charge on any atom is -0.0117 e. The lowest BCUT2D eigenvalue weighted by atomic mass is 9.76. The Hall–Kier alpha value is -1.30. The molecule has 120 valence electrons. The largest absolute Gasteiger partial charge is 0.0587 e. The maximum absolute atomic E-state index is 2.36. The summed E-state index contributed by atoms with van der Waals surface area (Å²) >= 11 is 0. The molecule has 0 aliphatic carbocycles. The molecular formula is C22H32. The van der Waals surface area contributed by atoms with Crippen molar-refractivity contribution in [1.29, 1.82) is 0 Å². The highest BCUT2D eigenvalue weighted by Gasteiger charge is 2.23. The molecule has 0 fully saturated rings. The molecule has 22 heavy (non-hydrogen) atoms. The molecule has 2 rings (SSSR count). The topological polar surface area (TPSA) is 0 Å². The number of hydrogen-bond acceptors (Lipinski definition) is 0. The summed E-state index contributed by atoms with van der Waals surface area (Å²) < 4.78 is 0. The summed E-state index contributed by atoms with van der Waals surface area (Å²) in [4.78, 5) is 0. The molecule has 2 aromatic carbocycles. The molecule has 2 aromatic rings. The Morgan fingerprint density at radius 1 is 0.591 bits per heavy atom. The van der Waals surface area contributed by atoms with E-state index >= 15 is 0 Å². The van der Waals surface area contributed by atoms with Crippen LogP contribution in [0.4, 0.5) is 0 Å². The van der Waals surface area contributed by atoms with Crippen LogP contribution in [0.2, 0.25) is 0 Å². The first-order valence-corrected chi connectivity index (χ1v) is 8.74. The fourth-order valence-electron chi connectivity index (χ4n) is 4.14. The van der Waals surface area contributed by atoms with Crippen molar-refractivity contribution in [3.8, 4) is 0 Å². The Kier molecular flexibility index (Phi) is 4.70. The molecule has 0 atom stereocenters. The second-order valence-electron chi connectivity index (χ2n) is 7.76. The molecule has 0 heteroatoms. The van der Waals surface area contributed by atoms with Gasteiger partial charge in [0.25, 0.3) is 0 Å². The number of benzene rings is 2. The van der Waals surface area contributed by atoms with Gasteiger partial charge in [0, 0.05) is 0 Å². The molecule has 0 bridgehead atoms. The minimum absolute atomic E-state index is 0.556. The summed E-state index contributed by atoms with van der Waals surface area (Å²) in [6.45, 7) is 20.9.